The molecule has 166 valence electrons. The standard InChI is InChI=1S/C21H23N7O3S/c29-32(30)24-12-15-2-4-16(5-3-15)19-25-18-14-28(21-22-6-1-7-23-21)13-17(18)20(26-19)27-8-10-31-11-9-27/h1-7,24H,8-14H2,(H,29,30)/p-1. The second kappa shape index (κ2) is 9.25. The molecule has 1 fully saturated rings. The zero-order valence-electron chi connectivity index (χ0n) is 17.3. The first-order valence-electron chi connectivity index (χ1n) is 10.3. The average molecular weight is 453 g/mol. The molecule has 10 nitrogen and oxygen atoms in total. The van der Waals surface area contributed by atoms with Gasteiger partial charge in [0.05, 0.1) is 32.0 Å². The molecule has 4 heterocycles. The monoisotopic (exact) mass is 452 g/mol. The van der Waals surface area contributed by atoms with Crippen molar-refractivity contribution >= 4 is 23.0 Å². The first-order valence-corrected chi connectivity index (χ1v) is 11.4. The zero-order chi connectivity index (χ0) is 21.9. The summed E-state index contributed by atoms with van der Waals surface area (Å²) in [6.07, 6.45) is 3.48. The summed E-state index contributed by atoms with van der Waals surface area (Å²) in [7, 11) is 0. The molecule has 3 aromatic rings. The second-order valence-electron chi connectivity index (χ2n) is 7.55. The lowest BCUT2D eigenvalue weighted by Crippen LogP contribution is -2.37. The van der Waals surface area contributed by atoms with Gasteiger partial charge in [0.25, 0.3) is 0 Å². The van der Waals surface area contributed by atoms with Crippen molar-refractivity contribution in [3.63, 3.8) is 0 Å². The molecule has 0 saturated carbocycles. The Bertz CT molecular complexity index is 1110. The number of ether oxygens (including phenoxy) is 1. The lowest BCUT2D eigenvalue weighted by Gasteiger charge is -2.29. The Morgan fingerprint density at radius 1 is 1.03 bits per heavy atom. The summed E-state index contributed by atoms with van der Waals surface area (Å²) in [5.41, 5.74) is 3.81. The highest BCUT2D eigenvalue weighted by Gasteiger charge is 2.29. The Hall–Kier alpha value is -2.99. The summed E-state index contributed by atoms with van der Waals surface area (Å²) in [5, 5.41) is 0. The smallest absolute Gasteiger partial charge is 0.225 e. The molecule has 1 saturated heterocycles. The molecule has 5 rings (SSSR count). The Kier molecular flexibility index (Phi) is 6.04. The predicted molar refractivity (Wildman–Crippen MR) is 118 cm³/mol. The fraction of sp³-hybridized carbons (Fsp3) is 0.333. The van der Waals surface area contributed by atoms with Crippen molar-refractivity contribution in [2.45, 2.75) is 19.6 Å². The van der Waals surface area contributed by atoms with Crippen molar-refractivity contribution in [1.29, 1.82) is 0 Å². The number of anilines is 2. The van der Waals surface area contributed by atoms with E-state index in [2.05, 4.69) is 24.5 Å². The van der Waals surface area contributed by atoms with E-state index in [1.165, 1.54) is 0 Å². The summed E-state index contributed by atoms with van der Waals surface area (Å²) < 4.78 is 29.4. The van der Waals surface area contributed by atoms with Crippen molar-refractivity contribution in [2.75, 3.05) is 36.1 Å². The molecule has 2 aromatic heterocycles. The fourth-order valence-electron chi connectivity index (χ4n) is 3.91. The summed E-state index contributed by atoms with van der Waals surface area (Å²) in [6.45, 7) is 4.41. The summed E-state index contributed by atoms with van der Waals surface area (Å²) >= 11 is -2.29. The summed E-state index contributed by atoms with van der Waals surface area (Å²) in [6, 6.07) is 9.40. The van der Waals surface area contributed by atoms with Crippen LogP contribution in [0.5, 0.6) is 0 Å². The van der Waals surface area contributed by atoms with Gasteiger partial charge in [-0.15, -0.1) is 0 Å². The number of hydrogen-bond acceptors (Lipinski definition) is 9. The van der Waals surface area contributed by atoms with Gasteiger partial charge in [0.2, 0.25) is 5.95 Å². The highest BCUT2D eigenvalue weighted by Crippen LogP contribution is 2.33. The van der Waals surface area contributed by atoms with Crippen LogP contribution in [-0.2, 0) is 35.6 Å². The maximum Gasteiger partial charge on any atom is 0.225 e. The third-order valence-electron chi connectivity index (χ3n) is 5.51. The Balaban J connectivity index is 1.48. The molecule has 2 aliphatic rings. The number of benzene rings is 1. The van der Waals surface area contributed by atoms with E-state index in [4.69, 9.17) is 14.7 Å². The van der Waals surface area contributed by atoms with Crippen LogP contribution >= 0.6 is 0 Å². The van der Waals surface area contributed by atoms with Crippen LogP contribution in [0.2, 0.25) is 0 Å². The predicted octanol–water partition coefficient (Wildman–Crippen LogP) is 1.17. The van der Waals surface area contributed by atoms with Gasteiger partial charge in [-0.2, -0.15) is 0 Å². The third-order valence-corrected chi connectivity index (χ3v) is 5.89. The van der Waals surface area contributed by atoms with Gasteiger partial charge in [-0.25, -0.2) is 24.7 Å². The third kappa shape index (κ3) is 4.46. The highest BCUT2D eigenvalue weighted by molar-refractivity contribution is 7.77. The van der Waals surface area contributed by atoms with Crippen LogP contribution in [0.4, 0.5) is 11.8 Å². The molecule has 2 aliphatic heterocycles. The molecular formula is C21H22N7O3S-. The molecule has 1 N–H and O–H groups in total. The lowest BCUT2D eigenvalue weighted by atomic mass is 10.1. The maximum atomic E-state index is 10.7. The number of hydrogen-bond donors (Lipinski definition) is 1. The molecule has 1 aromatic carbocycles. The van der Waals surface area contributed by atoms with Gasteiger partial charge in [-0.1, -0.05) is 24.3 Å². The minimum Gasteiger partial charge on any atom is -0.760 e. The molecule has 1 unspecified atom stereocenters. The normalized spacial score (nSPS) is 16.8. The van der Waals surface area contributed by atoms with Crippen molar-refractivity contribution in [3.05, 3.63) is 59.5 Å². The van der Waals surface area contributed by atoms with E-state index >= 15 is 0 Å². The van der Waals surface area contributed by atoms with Crippen molar-refractivity contribution in [1.82, 2.24) is 24.7 Å². The van der Waals surface area contributed by atoms with E-state index in [-0.39, 0.29) is 6.54 Å². The number of nitrogens with zero attached hydrogens (tertiary/aromatic N) is 6. The summed E-state index contributed by atoms with van der Waals surface area (Å²) in [4.78, 5) is 23.0. The van der Waals surface area contributed by atoms with Gasteiger partial charge in [0.15, 0.2) is 5.82 Å². The van der Waals surface area contributed by atoms with Crippen molar-refractivity contribution < 1.29 is 13.5 Å². The molecule has 32 heavy (non-hydrogen) atoms. The first kappa shape index (κ1) is 20.9. The number of aromatic nitrogens is 4. The van der Waals surface area contributed by atoms with E-state index < -0.39 is 11.3 Å². The highest BCUT2D eigenvalue weighted by atomic mass is 32.2. The molecule has 11 heteroatoms. The first-order chi connectivity index (χ1) is 15.7. The maximum absolute atomic E-state index is 10.7. The molecule has 0 amide bonds. The van der Waals surface area contributed by atoms with Gasteiger partial charge in [0, 0.05) is 54.4 Å². The fourth-order valence-corrected chi connectivity index (χ4v) is 4.20. The van der Waals surface area contributed by atoms with Crippen LogP contribution in [0.1, 0.15) is 16.8 Å². The molecule has 0 bridgehead atoms. The van der Waals surface area contributed by atoms with E-state index in [0.717, 1.165) is 41.3 Å². The molecule has 0 aliphatic carbocycles. The SMILES string of the molecule is O=S([O-])NCc1ccc(-c2nc3c(c(N4CCOCC4)n2)CN(c2ncccn2)C3)cc1. The quantitative estimate of drug-likeness (QED) is 0.550. The second-order valence-corrected chi connectivity index (χ2v) is 8.31. The van der Waals surface area contributed by atoms with Crippen LogP contribution in [0.25, 0.3) is 11.4 Å². The van der Waals surface area contributed by atoms with Gasteiger partial charge < -0.3 is 19.1 Å². The van der Waals surface area contributed by atoms with Gasteiger partial charge in [-0.3, -0.25) is 4.21 Å². The van der Waals surface area contributed by atoms with Crippen LogP contribution in [0, 0.1) is 0 Å². The minimum absolute atomic E-state index is 0.243. The minimum atomic E-state index is -2.29. The number of morpholine rings is 1. The molecular weight excluding hydrogens is 430 g/mol. The van der Waals surface area contributed by atoms with E-state index in [1.54, 1.807) is 18.5 Å². The van der Waals surface area contributed by atoms with Crippen molar-refractivity contribution in [2.24, 2.45) is 0 Å². The number of nitrogens with one attached hydrogen (secondary N) is 1. The average Bonchev–Trinajstić information content (AvgIpc) is 3.28. The number of fused-ring (bicyclic) bond motifs is 1. The van der Waals surface area contributed by atoms with Gasteiger partial charge in [-0.05, 0) is 11.6 Å². The van der Waals surface area contributed by atoms with Crippen LogP contribution in [0.3, 0.4) is 0 Å². The number of rotatable bonds is 6. The summed E-state index contributed by atoms with van der Waals surface area (Å²) in [5.74, 6) is 2.25. The van der Waals surface area contributed by atoms with Crippen LogP contribution in [-0.4, -0.2) is 55.0 Å². The van der Waals surface area contributed by atoms with Gasteiger partial charge >= 0.3 is 0 Å². The van der Waals surface area contributed by atoms with Gasteiger partial charge in [0.1, 0.15) is 5.82 Å². The zero-order valence-corrected chi connectivity index (χ0v) is 18.1. The van der Waals surface area contributed by atoms with Crippen LogP contribution in [0.15, 0.2) is 42.7 Å². The molecule has 1 atom stereocenters. The largest absolute Gasteiger partial charge is 0.760 e. The topological polar surface area (TPSA) is 119 Å². The van der Waals surface area contributed by atoms with E-state index in [1.807, 2.05) is 24.3 Å². The Morgan fingerprint density at radius 2 is 1.78 bits per heavy atom. The van der Waals surface area contributed by atoms with Crippen molar-refractivity contribution in [3.8, 4) is 11.4 Å². The molecule has 0 spiro atoms. The lowest BCUT2D eigenvalue weighted by molar-refractivity contribution is 0.122. The Morgan fingerprint density at radius 3 is 2.50 bits per heavy atom. The van der Waals surface area contributed by atoms with E-state index in [9.17, 15) is 8.76 Å². The molecule has 0 radical (unpaired) electrons. The Labute approximate surface area is 188 Å². The van der Waals surface area contributed by atoms with E-state index in [0.29, 0.717) is 38.1 Å². The van der Waals surface area contributed by atoms with Crippen LogP contribution < -0.4 is 14.5 Å².